The molecule has 1 aliphatic carbocycles. The van der Waals surface area contributed by atoms with E-state index in [4.69, 9.17) is 15.2 Å². The number of nitrogens with one attached hydrogen (secondary N) is 1. The molecule has 3 N–H and O–H groups in total. The summed E-state index contributed by atoms with van der Waals surface area (Å²) < 4.78 is 13.5. The van der Waals surface area contributed by atoms with E-state index < -0.39 is 0 Å². The highest BCUT2D eigenvalue weighted by atomic mass is 16.5. The lowest BCUT2D eigenvalue weighted by atomic mass is 10.1. The average molecular weight is 484 g/mol. The zero-order valence-electron chi connectivity index (χ0n) is 20.1. The lowest BCUT2D eigenvalue weighted by molar-refractivity contribution is 0.300. The number of imidazole rings is 1. The van der Waals surface area contributed by atoms with E-state index in [1.54, 1.807) is 4.57 Å². The topological polar surface area (TPSA) is 108 Å². The van der Waals surface area contributed by atoms with Gasteiger partial charge in [0.15, 0.2) is 11.5 Å². The van der Waals surface area contributed by atoms with Crippen LogP contribution in [0.3, 0.4) is 0 Å². The predicted octanol–water partition coefficient (Wildman–Crippen LogP) is 4.77. The van der Waals surface area contributed by atoms with Gasteiger partial charge in [0.1, 0.15) is 17.0 Å². The third-order valence-corrected chi connectivity index (χ3v) is 6.81. The summed E-state index contributed by atoms with van der Waals surface area (Å²) >= 11 is 0. The Morgan fingerprint density at radius 1 is 1.11 bits per heavy atom. The van der Waals surface area contributed by atoms with Crippen LogP contribution >= 0.6 is 0 Å². The molecule has 8 nitrogen and oxygen atoms in total. The normalized spacial score (nSPS) is 16.4. The maximum atomic E-state index is 12.7. The Morgan fingerprint density at radius 3 is 2.81 bits per heavy atom. The van der Waals surface area contributed by atoms with Gasteiger partial charge >= 0.3 is 11.7 Å². The number of fused-ring (bicyclic) bond motifs is 3. The highest BCUT2D eigenvalue weighted by Gasteiger charge is 2.20. The van der Waals surface area contributed by atoms with Gasteiger partial charge in [-0.25, -0.2) is 4.79 Å². The van der Waals surface area contributed by atoms with Crippen LogP contribution in [-0.4, -0.2) is 26.1 Å². The van der Waals surface area contributed by atoms with E-state index in [-0.39, 0.29) is 17.5 Å². The number of anilines is 1. The first kappa shape index (κ1) is 22.4. The van der Waals surface area contributed by atoms with Crippen LogP contribution in [0.4, 0.5) is 5.82 Å². The van der Waals surface area contributed by atoms with Crippen LogP contribution in [0.5, 0.6) is 17.5 Å². The first-order chi connectivity index (χ1) is 17.6. The van der Waals surface area contributed by atoms with Gasteiger partial charge in [-0.2, -0.15) is 9.97 Å². The molecule has 8 heteroatoms. The quantitative estimate of drug-likeness (QED) is 0.396. The van der Waals surface area contributed by atoms with Crippen molar-refractivity contribution < 1.29 is 9.47 Å². The summed E-state index contributed by atoms with van der Waals surface area (Å²) in [5, 5.41) is 0. The molecule has 3 heterocycles. The summed E-state index contributed by atoms with van der Waals surface area (Å²) in [5.74, 6) is 2.75. The zero-order chi connectivity index (χ0) is 24.5. The van der Waals surface area contributed by atoms with Crippen LogP contribution in [0.15, 0.2) is 59.4 Å². The molecule has 2 aromatic heterocycles. The number of nitrogens with zero attached hydrogens (tertiary/aromatic N) is 3. The molecular weight excluding hydrogens is 454 g/mol. The molecule has 0 spiro atoms. The fraction of sp³-hybridized carbons (Fsp3) is 0.321. The molecule has 1 aliphatic heterocycles. The third-order valence-electron chi connectivity index (χ3n) is 6.81. The van der Waals surface area contributed by atoms with Crippen molar-refractivity contribution in [3.05, 3.63) is 81.8 Å². The van der Waals surface area contributed by atoms with E-state index in [2.05, 4.69) is 45.3 Å². The lowest BCUT2D eigenvalue weighted by Gasteiger charge is -2.14. The summed E-state index contributed by atoms with van der Waals surface area (Å²) in [7, 11) is 0. The smallest absolute Gasteiger partial charge is 0.328 e. The summed E-state index contributed by atoms with van der Waals surface area (Å²) in [6, 6.07) is 14.6. The average Bonchev–Trinajstić information content (AvgIpc) is 3.66. The fourth-order valence-corrected chi connectivity index (χ4v) is 4.59. The number of H-pyrrole nitrogens is 1. The van der Waals surface area contributed by atoms with Crippen molar-refractivity contribution in [1.29, 1.82) is 0 Å². The molecular formula is C28H29N5O3. The Hall–Kier alpha value is -4.07. The third kappa shape index (κ3) is 4.84. The van der Waals surface area contributed by atoms with E-state index in [0.717, 1.165) is 35.0 Å². The number of hydrogen-bond acceptors (Lipinski definition) is 6. The number of aromatic nitrogens is 4. The molecule has 0 atom stereocenters. The van der Waals surface area contributed by atoms with Crippen molar-refractivity contribution in [2.45, 2.75) is 45.1 Å². The number of nitrogen functional groups attached to an aromatic ring is 1. The molecule has 36 heavy (non-hydrogen) atoms. The number of allylic oxidation sites excluding steroid dienone is 1. The van der Waals surface area contributed by atoms with Crippen molar-refractivity contribution in [3.63, 3.8) is 0 Å². The second kappa shape index (κ2) is 9.53. The van der Waals surface area contributed by atoms with Crippen LogP contribution in [-0.2, 0) is 19.4 Å². The minimum absolute atomic E-state index is 0.168. The minimum Gasteiger partial charge on any atom is -0.463 e. The van der Waals surface area contributed by atoms with Crippen LogP contribution in [0.1, 0.15) is 42.4 Å². The highest BCUT2D eigenvalue weighted by Crippen LogP contribution is 2.34. The van der Waals surface area contributed by atoms with Gasteiger partial charge in [-0.1, -0.05) is 43.2 Å². The molecule has 2 aromatic carbocycles. The van der Waals surface area contributed by atoms with E-state index in [0.29, 0.717) is 37.2 Å². The predicted molar refractivity (Wildman–Crippen MR) is 139 cm³/mol. The molecule has 6 rings (SSSR count). The molecule has 0 radical (unpaired) electrons. The second-order valence-electron chi connectivity index (χ2n) is 9.59. The number of aryl methyl sites for hydroxylation is 1. The molecule has 1 fully saturated rings. The Balaban J connectivity index is 1.29. The SMILES string of the molecule is Nc1nc2nc3c1[nH]c(=O)n3Cc1ccc(Oc3ccc(CCC4CC4)cc3)c(c1)C/C=C/CCO2. The van der Waals surface area contributed by atoms with Gasteiger partial charge in [-0.15, -0.1) is 0 Å². The Labute approximate surface area is 208 Å². The highest BCUT2D eigenvalue weighted by molar-refractivity contribution is 5.82. The maximum Gasteiger partial charge on any atom is 0.328 e. The first-order valence-corrected chi connectivity index (χ1v) is 12.5. The van der Waals surface area contributed by atoms with E-state index >= 15 is 0 Å². The van der Waals surface area contributed by atoms with Gasteiger partial charge in [0.25, 0.3) is 0 Å². The molecule has 0 saturated heterocycles. The van der Waals surface area contributed by atoms with Crippen LogP contribution in [0.25, 0.3) is 11.2 Å². The van der Waals surface area contributed by atoms with Crippen LogP contribution in [0.2, 0.25) is 0 Å². The van der Waals surface area contributed by atoms with E-state index in [1.807, 2.05) is 24.3 Å². The molecule has 0 amide bonds. The van der Waals surface area contributed by atoms with Crippen molar-refractivity contribution >= 4 is 17.0 Å². The summed E-state index contributed by atoms with van der Waals surface area (Å²) in [5.41, 5.74) is 9.97. The zero-order valence-corrected chi connectivity index (χ0v) is 20.1. The Bertz CT molecular complexity index is 1480. The molecule has 184 valence electrons. The summed E-state index contributed by atoms with van der Waals surface area (Å²) in [6.07, 6.45) is 10.8. The van der Waals surface area contributed by atoms with E-state index in [1.165, 1.54) is 24.8 Å². The minimum atomic E-state index is -0.293. The Kier molecular flexibility index (Phi) is 5.93. The number of nitrogens with two attached hydrogens (primary N) is 1. The second-order valence-corrected chi connectivity index (χ2v) is 9.59. The van der Waals surface area contributed by atoms with Crippen molar-refractivity contribution in [3.8, 4) is 17.5 Å². The number of rotatable bonds is 5. The summed E-state index contributed by atoms with van der Waals surface area (Å²) in [6.45, 7) is 0.744. The molecule has 4 bridgehead atoms. The fourth-order valence-electron chi connectivity index (χ4n) is 4.59. The molecule has 4 aromatic rings. The van der Waals surface area contributed by atoms with Gasteiger partial charge < -0.3 is 20.2 Å². The van der Waals surface area contributed by atoms with Gasteiger partial charge in [-0.3, -0.25) is 4.57 Å². The number of aromatic amines is 1. The largest absolute Gasteiger partial charge is 0.463 e. The van der Waals surface area contributed by atoms with Crippen molar-refractivity contribution in [2.24, 2.45) is 5.92 Å². The van der Waals surface area contributed by atoms with E-state index in [9.17, 15) is 4.79 Å². The van der Waals surface area contributed by atoms with Gasteiger partial charge in [-0.05, 0) is 72.6 Å². The Morgan fingerprint density at radius 2 is 1.97 bits per heavy atom. The maximum absolute atomic E-state index is 12.7. The molecule has 0 unspecified atom stereocenters. The van der Waals surface area contributed by atoms with Crippen molar-refractivity contribution in [2.75, 3.05) is 12.3 Å². The standard InChI is InChI=1S/C28H29N5O3/c29-25-24-26-32-27(31-25)35-15-3-1-2-4-21-16-20(17-33(26)28(34)30-24)11-14-23(21)36-22-12-9-19(10-13-22)8-7-18-5-6-18/h1-2,9-14,16,18H,3-8,15,17H2,(H,30,34)(H2,29,31,32)/b2-1+. The number of hydrogen-bond donors (Lipinski definition) is 2. The summed E-state index contributed by atoms with van der Waals surface area (Å²) in [4.78, 5) is 24.1. The monoisotopic (exact) mass is 483 g/mol. The van der Waals surface area contributed by atoms with Gasteiger partial charge in [0.05, 0.1) is 13.2 Å². The van der Waals surface area contributed by atoms with Crippen LogP contribution in [0, 0.1) is 5.92 Å². The van der Waals surface area contributed by atoms with Crippen LogP contribution < -0.4 is 20.9 Å². The van der Waals surface area contributed by atoms with Gasteiger partial charge in [0.2, 0.25) is 0 Å². The molecule has 2 aliphatic rings. The molecule has 1 saturated carbocycles. The first-order valence-electron chi connectivity index (χ1n) is 12.5. The van der Waals surface area contributed by atoms with Crippen molar-refractivity contribution in [1.82, 2.24) is 19.5 Å². The lowest BCUT2D eigenvalue weighted by Crippen LogP contribution is -2.18. The number of ether oxygens (including phenoxy) is 2. The number of benzene rings is 2. The van der Waals surface area contributed by atoms with Gasteiger partial charge in [0, 0.05) is 0 Å².